The molecule has 15 heavy (non-hydrogen) atoms. The molecule has 1 amide bonds. The highest BCUT2D eigenvalue weighted by Gasteiger charge is 2.20. The predicted octanol–water partition coefficient (Wildman–Crippen LogP) is 1.36. The van der Waals surface area contributed by atoms with Gasteiger partial charge in [-0.05, 0) is 5.56 Å². The highest BCUT2D eigenvalue weighted by atomic mass is 19.1. The number of amides is 1. The third-order valence-corrected chi connectivity index (χ3v) is 1.85. The van der Waals surface area contributed by atoms with Crippen LogP contribution in [0.5, 0.6) is 0 Å². The Hall–Kier alpha value is -1.91. The van der Waals surface area contributed by atoms with E-state index in [0.717, 1.165) is 0 Å². The van der Waals surface area contributed by atoms with Gasteiger partial charge >= 0.3 is 12.1 Å². The van der Waals surface area contributed by atoms with Gasteiger partial charge in [0.25, 0.3) is 0 Å². The molecule has 1 atom stereocenters. The van der Waals surface area contributed by atoms with Gasteiger partial charge in [0.2, 0.25) is 0 Å². The number of hydrogen-bond acceptors (Lipinski definition) is 2. The molecule has 2 N–H and O–H groups in total. The summed E-state index contributed by atoms with van der Waals surface area (Å²) in [6.45, 7) is 0. The molecule has 0 aromatic heterocycles. The zero-order valence-corrected chi connectivity index (χ0v) is 7.81. The Balaban J connectivity index is 2.67. The minimum Gasteiger partial charge on any atom is -0.465 e. The number of halogens is 1. The van der Waals surface area contributed by atoms with Crippen molar-refractivity contribution >= 4 is 12.1 Å². The topological polar surface area (TPSA) is 66.4 Å². The Morgan fingerprint density at radius 2 is 1.93 bits per heavy atom. The first kappa shape index (κ1) is 11.2. The van der Waals surface area contributed by atoms with Crippen molar-refractivity contribution in [3.63, 3.8) is 0 Å². The van der Waals surface area contributed by atoms with Crippen molar-refractivity contribution < 1.29 is 19.1 Å². The lowest BCUT2D eigenvalue weighted by atomic mass is 10.1. The van der Waals surface area contributed by atoms with Gasteiger partial charge in [-0.1, -0.05) is 30.3 Å². The third-order valence-electron chi connectivity index (χ3n) is 1.85. The van der Waals surface area contributed by atoms with E-state index >= 15 is 0 Å². The highest BCUT2D eigenvalue weighted by Crippen LogP contribution is 2.04. The van der Waals surface area contributed by atoms with Crippen molar-refractivity contribution in [2.75, 3.05) is 0 Å². The molecule has 0 saturated carbocycles. The van der Waals surface area contributed by atoms with Crippen molar-refractivity contribution in [3.8, 4) is 0 Å². The standard InChI is InChI=1S/C10H10FNO3/c11-9(13)8(12-10(14)15)6-7-4-2-1-3-5-7/h1-5,8,12H,6H2,(H,14,15). The molecule has 4 nitrogen and oxygen atoms in total. The molecular weight excluding hydrogens is 201 g/mol. The van der Waals surface area contributed by atoms with Crippen molar-refractivity contribution in [1.82, 2.24) is 5.32 Å². The lowest BCUT2D eigenvalue weighted by Crippen LogP contribution is -2.39. The van der Waals surface area contributed by atoms with E-state index in [9.17, 15) is 14.0 Å². The molecule has 80 valence electrons. The van der Waals surface area contributed by atoms with E-state index in [1.807, 2.05) is 5.32 Å². The molecule has 1 rings (SSSR count). The number of rotatable bonds is 4. The Bertz CT molecular complexity index is 353. The summed E-state index contributed by atoms with van der Waals surface area (Å²) in [5, 5.41) is 10.2. The molecule has 0 saturated heterocycles. The van der Waals surface area contributed by atoms with Crippen LogP contribution < -0.4 is 5.32 Å². The van der Waals surface area contributed by atoms with Crippen molar-refractivity contribution in [1.29, 1.82) is 0 Å². The fraction of sp³-hybridized carbons (Fsp3) is 0.200. The second-order valence-electron chi connectivity index (χ2n) is 3.00. The second-order valence-corrected chi connectivity index (χ2v) is 3.00. The molecule has 0 bridgehead atoms. The molecule has 0 heterocycles. The van der Waals surface area contributed by atoms with E-state index < -0.39 is 18.2 Å². The number of benzene rings is 1. The molecule has 5 heteroatoms. The average Bonchev–Trinajstić information content (AvgIpc) is 2.17. The van der Waals surface area contributed by atoms with Gasteiger partial charge in [-0.2, -0.15) is 4.39 Å². The third kappa shape index (κ3) is 3.76. The van der Waals surface area contributed by atoms with Crippen LogP contribution in [0, 0.1) is 0 Å². The molecule has 0 aliphatic carbocycles. The van der Waals surface area contributed by atoms with Crippen LogP contribution in [-0.4, -0.2) is 23.3 Å². The van der Waals surface area contributed by atoms with Crippen LogP contribution in [0.1, 0.15) is 5.56 Å². The van der Waals surface area contributed by atoms with Crippen LogP contribution in [-0.2, 0) is 11.2 Å². The van der Waals surface area contributed by atoms with Gasteiger partial charge in [0, 0.05) is 6.42 Å². The molecule has 1 aromatic carbocycles. The van der Waals surface area contributed by atoms with E-state index in [4.69, 9.17) is 5.11 Å². The van der Waals surface area contributed by atoms with Crippen LogP contribution in [0.3, 0.4) is 0 Å². The van der Waals surface area contributed by atoms with Gasteiger partial charge in [0.1, 0.15) is 6.04 Å². The monoisotopic (exact) mass is 211 g/mol. The Morgan fingerprint density at radius 1 is 1.33 bits per heavy atom. The van der Waals surface area contributed by atoms with E-state index in [1.54, 1.807) is 30.3 Å². The zero-order valence-electron chi connectivity index (χ0n) is 7.81. The van der Waals surface area contributed by atoms with Crippen molar-refractivity contribution in [2.24, 2.45) is 0 Å². The number of carboxylic acid groups (broad SMARTS) is 1. The van der Waals surface area contributed by atoms with Crippen LogP contribution in [0.4, 0.5) is 9.18 Å². The summed E-state index contributed by atoms with van der Waals surface area (Å²) in [5.41, 5.74) is 0.697. The highest BCUT2D eigenvalue weighted by molar-refractivity contribution is 5.80. The number of carbonyl (C=O) groups excluding carboxylic acids is 1. The number of nitrogens with one attached hydrogen (secondary N) is 1. The maximum Gasteiger partial charge on any atom is 0.405 e. The summed E-state index contributed by atoms with van der Waals surface area (Å²) in [7, 11) is 0. The predicted molar refractivity (Wildman–Crippen MR) is 51.2 cm³/mol. The minimum absolute atomic E-state index is 0.0163. The van der Waals surface area contributed by atoms with Gasteiger partial charge in [0.05, 0.1) is 0 Å². The molecule has 0 fully saturated rings. The quantitative estimate of drug-likeness (QED) is 0.739. The molecule has 1 aromatic rings. The molecular formula is C10H10FNO3. The fourth-order valence-electron chi connectivity index (χ4n) is 1.19. The molecule has 0 radical (unpaired) electrons. The summed E-state index contributed by atoms with van der Waals surface area (Å²) < 4.78 is 12.4. The van der Waals surface area contributed by atoms with Crippen LogP contribution >= 0.6 is 0 Å². The minimum atomic E-state index is -1.68. The summed E-state index contributed by atoms with van der Waals surface area (Å²) in [4.78, 5) is 20.8. The Labute approximate surface area is 85.7 Å². The van der Waals surface area contributed by atoms with Crippen LogP contribution in [0.2, 0.25) is 0 Å². The van der Waals surface area contributed by atoms with Gasteiger partial charge in [0.15, 0.2) is 0 Å². The number of hydrogen-bond donors (Lipinski definition) is 2. The maximum absolute atomic E-state index is 12.4. The molecule has 0 aliphatic rings. The molecule has 0 aliphatic heterocycles. The van der Waals surface area contributed by atoms with Crippen LogP contribution in [0.25, 0.3) is 0 Å². The first-order chi connectivity index (χ1) is 7.09. The first-order valence-electron chi connectivity index (χ1n) is 4.32. The molecule has 0 spiro atoms. The van der Waals surface area contributed by atoms with E-state index in [1.165, 1.54) is 0 Å². The summed E-state index contributed by atoms with van der Waals surface area (Å²) in [5.74, 6) is 0. The van der Waals surface area contributed by atoms with Crippen molar-refractivity contribution in [3.05, 3.63) is 35.9 Å². The maximum atomic E-state index is 12.4. The summed E-state index contributed by atoms with van der Waals surface area (Å²) >= 11 is 0. The smallest absolute Gasteiger partial charge is 0.405 e. The number of carbonyl (C=O) groups is 2. The van der Waals surface area contributed by atoms with Crippen LogP contribution in [0.15, 0.2) is 30.3 Å². The normalized spacial score (nSPS) is 11.8. The SMILES string of the molecule is O=C(O)NC(Cc1ccccc1)C(=O)F. The van der Waals surface area contributed by atoms with E-state index in [-0.39, 0.29) is 6.42 Å². The zero-order chi connectivity index (χ0) is 11.3. The van der Waals surface area contributed by atoms with E-state index in [0.29, 0.717) is 5.56 Å². The summed E-state index contributed by atoms with van der Waals surface area (Å²) in [6, 6.07) is 5.62. The Morgan fingerprint density at radius 3 is 2.40 bits per heavy atom. The largest absolute Gasteiger partial charge is 0.465 e. The first-order valence-corrected chi connectivity index (χ1v) is 4.32. The van der Waals surface area contributed by atoms with Gasteiger partial charge < -0.3 is 10.4 Å². The van der Waals surface area contributed by atoms with Gasteiger partial charge in [-0.3, -0.25) is 4.79 Å². The fourth-order valence-corrected chi connectivity index (χ4v) is 1.19. The summed E-state index contributed by atoms with van der Waals surface area (Å²) in [6.07, 6.45) is -1.40. The van der Waals surface area contributed by atoms with Gasteiger partial charge in [-0.15, -0.1) is 0 Å². The van der Waals surface area contributed by atoms with Crippen molar-refractivity contribution in [2.45, 2.75) is 12.5 Å². The lowest BCUT2D eigenvalue weighted by Gasteiger charge is -2.10. The average molecular weight is 211 g/mol. The Kier molecular flexibility index (Phi) is 3.79. The second kappa shape index (κ2) is 5.09. The molecule has 1 unspecified atom stereocenters. The van der Waals surface area contributed by atoms with Gasteiger partial charge in [-0.25, -0.2) is 4.79 Å². The van der Waals surface area contributed by atoms with E-state index in [2.05, 4.69) is 0 Å². The lowest BCUT2D eigenvalue weighted by molar-refractivity contribution is -0.131.